The SMILES string of the molecule is COCC(O)CN(Cc1ccccc1)Cc1ncc(N2CCCC2COC)nc1Cl. The van der Waals surface area contributed by atoms with Gasteiger partial charge in [-0.15, -0.1) is 0 Å². The van der Waals surface area contributed by atoms with E-state index in [2.05, 4.69) is 31.9 Å². The molecule has 0 amide bonds. The maximum Gasteiger partial charge on any atom is 0.154 e. The molecule has 0 saturated carbocycles. The number of halogens is 1. The van der Waals surface area contributed by atoms with Crippen molar-refractivity contribution in [2.24, 2.45) is 0 Å². The number of aliphatic hydroxyl groups is 1. The molecule has 0 spiro atoms. The molecule has 1 aliphatic heterocycles. The molecule has 8 heteroatoms. The number of methoxy groups -OCH3 is 2. The lowest BCUT2D eigenvalue weighted by Crippen LogP contribution is -2.35. The summed E-state index contributed by atoms with van der Waals surface area (Å²) in [6.07, 6.45) is 3.39. The molecule has 1 aliphatic rings. The first-order valence-corrected chi connectivity index (χ1v) is 10.7. The van der Waals surface area contributed by atoms with Gasteiger partial charge in [0.25, 0.3) is 0 Å². The minimum atomic E-state index is -0.593. The molecule has 1 aromatic heterocycles. The van der Waals surface area contributed by atoms with Crippen LogP contribution in [0, 0.1) is 0 Å². The van der Waals surface area contributed by atoms with Gasteiger partial charge in [-0.05, 0) is 18.4 Å². The Kier molecular flexibility index (Phi) is 8.84. The number of hydrogen-bond donors (Lipinski definition) is 1. The van der Waals surface area contributed by atoms with Crippen LogP contribution in [-0.2, 0) is 22.6 Å². The van der Waals surface area contributed by atoms with E-state index in [9.17, 15) is 5.11 Å². The molecular weight excluding hydrogens is 404 g/mol. The van der Waals surface area contributed by atoms with E-state index >= 15 is 0 Å². The lowest BCUT2D eigenvalue weighted by Gasteiger charge is -2.27. The topological polar surface area (TPSA) is 71.0 Å². The quantitative estimate of drug-likeness (QED) is 0.583. The largest absolute Gasteiger partial charge is 0.389 e. The molecule has 1 N–H and O–H groups in total. The molecule has 2 heterocycles. The number of rotatable bonds is 11. The molecular formula is C22H31ClN4O3. The van der Waals surface area contributed by atoms with Crippen LogP contribution < -0.4 is 4.90 Å². The zero-order valence-corrected chi connectivity index (χ0v) is 18.5. The Morgan fingerprint density at radius 1 is 1.23 bits per heavy atom. The third-order valence-corrected chi connectivity index (χ3v) is 5.57. The number of aromatic nitrogens is 2. The summed E-state index contributed by atoms with van der Waals surface area (Å²) in [4.78, 5) is 13.6. The van der Waals surface area contributed by atoms with E-state index in [0.29, 0.717) is 43.1 Å². The zero-order valence-electron chi connectivity index (χ0n) is 17.7. The fraction of sp³-hybridized carbons (Fsp3) is 0.545. The summed E-state index contributed by atoms with van der Waals surface area (Å²) < 4.78 is 10.4. The van der Waals surface area contributed by atoms with Crippen molar-refractivity contribution < 1.29 is 14.6 Å². The summed E-state index contributed by atoms with van der Waals surface area (Å²) in [5, 5.41) is 10.7. The van der Waals surface area contributed by atoms with Crippen LogP contribution in [0.3, 0.4) is 0 Å². The van der Waals surface area contributed by atoms with Crippen molar-refractivity contribution in [3.05, 3.63) is 52.9 Å². The van der Waals surface area contributed by atoms with Crippen LogP contribution >= 0.6 is 11.6 Å². The van der Waals surface area contributed by atoms with Gasteiger partial charge < -0.3 is 19.5 Å². The normalized spacial score (nSPS) is 17.6. The summed E-state index contributed by atoms with van der Waals surface area (Å²) in [6, 6.07) is 10.4. The molecule has 2 aromatic rings. The molecule has 2 atom stereocenters. The lowest BCUT2D eigenvalue weighted by atomic mass is 10.2. The maximum absolute atomic E-state index is 10.3. The molecule has 1 saturated heterocycles. The van der Waals surface area contributed by atoms with Crippen LogP contribution in [-0.4, -0.2) is 72.6 Å². The lowest BCUT2D eigenvalue weighted by molar-refractivity contribution is 0.0335. The average molecular weight is 435 g/mol. The van der Waals surface area contributed by atoms with Crippen molar-refractivity contribution in [3.8, 4) is 0 Å². The first-order chi connectivity index (χ1) is 14.6. The van der Waals surface area contributed by atoms with Crippen molar-refractivity contribution >= 4 is 17.4 Å². The average Bonchev–Trinajstić information content (AvgIpc) is 3.19. The highest BCUT2D eigenvalue weighted by molar-refractivity contribution is 6.30. The summed E-state index contributed by atoms with van der Waals surface area (Å²) in [5.74, 6) is 0.789. The molecule has 0 bridgehead atoms. The minimum absolute atomic E-state index is 0.277. The third kappa shape index (κ3) is 6.36. The first-order valence-electron chi connectivity index (χ1n) is 10.3. The monoisotopic (exact) mass is 434 g/mol. The molecule has 164 valence electrons. The molecule has 1 fully saturated rings. The number of hydrogen-bond acceptors (Lipinski definition) is 7. The summed E-state index contributed by atoms with van der Waals surface area (Å²) >= 11 is 6.53. The maximum atomic E-state index is 10.3. The van der Waals surface area contributed by atoms with Gasteiger partial charge >= 0.3 is 0 Å². The van der Waals surface area contributed by atoms with E-state index < -0.39 is 6.10 Å². The van der Waals surface area contributed by atoms with Crippen LogP contribution in [0.2, 0.25) is 5.15 Å². The van der Waals surface area contributed by atoms with Gasteiger partial charge in [0.1, 0.15) is 5.82 Å². The van der Waals surface area contributed by atoms with Crippen molar-refractivity contribution in [2.45, 2.75) is 38.1 Å². The fourth-order valence-electron chi connectivity index (χ4n) is 3.91. The highest BCUT2D eigenvalue weighted by Crippen LogP contribution is 2.26. The number of aliphatic hydroxyl groups excluding tert-OH is 1. The van der Waals surface area contributed by atoms with E-state index in [1.54, 1.807) is 20.4 Å². The Morgan fingerprint density at radius 3 is 2.73 bits per heavy atom. The molecule has 0 aliphatic carbocycles. The molecule has 0 radical (unpaired) electrons. The molecule has 2 unspecified atom stereocenters. The van der Waals surface area contributed by atoms with Crippen LogP contribution in [0.25, 0.3) is 0 Å². The van der Waals surface area contributed by atoms with Crippen LogP contribution in [0.15, 0.2) is 36.5 Å². The van der Waals surface area contributed by atoms with Gasteiger partial charge in [-0.2, -0.15) is 0 Å². The van der Waals surface area contributed by atoms with E-state index in [1.807, 2.05) is 18.2 Å². The summed E-state index contributed by atoms with van der Waals surface area (Å²) in [6.45, 7) is 3.49. The Hall–Kier alpha value is -1.77. The molecule has 30 heavy (non-hydrogen) atoms. The van der Waals surface area contributed by atoms with E-state index in [-0.39, 0.29) is 6.61 Å². The highest BCUT2D eigenvalue weighted by atomic mass is 35.5. The molecule has 1 aromatic carbocycles. The fourth-order valence-corrected chi connectivity index (χ4v) is 4.11. The van der Waals surface area contributed by atoms with E-state index in [1.165, 1.54) is 0 Å². The molecule has 3 rings (SSSR count). The van der Waals surface area contributed by atoms with E-state index in [0.717, 1.165) is 30.8 Å². The second-order valence-electron chi connectivity index (χ2n) is 7.67. The predicted molar refractivity (Wildman–Crippen MR) is 118 cm³/mol. The van der Waals surface area contributed by atoms with Gasteiger partial charge in [-0.3, -0.25) is 9.88 Å². The van der Waals surface area contributed by atoms with E-state index in [4.69, 9.17) is 21.1 Å². The second kappa shape index (κ2) is 11.6. The van der Waals surface area contributed by atoms with Crippen molar-refractivity contribution in [2.75, 3.05) is 45.4 Å². The zero-order chi connectivity index (χ0) is 21.3. The van der Waals surface area contributed by atoms with Crippen LogP contribution in [0.4, 0.5) is 5.82 Å². The van der Waals surface area contributed by atoms with Gasteiger partial charge in [0.2, 0.25) is 0 Å². The third-order valence-electron chi connectivity index (χ3n) is 5.27. The Bertz CT molecular complexity index is 780. The number of anilines is 1. The van der Waals surface area contributed by atoms with Gasteiger partial charge in [-0.25, -0.2) is 4.98 Å². The number of ether oxygens (including phenoxy) is 2. The highest BCUT2D eigenvalue weighted by Gasteiger charge is 2.26. The molecule has 7 nitrogen and oxygen atoms in total. The Labute approximate surface area is 183 Å². The standard InChI is InChI=1S/C22H31ClN4O3/c1-29-15-18-9-6-10-27(18)21-11-24-20(22(23)25-21)14-26(13-19(28)16-30-2)12-17-7-4-3-5-8-17/h3-5,7-8,11,18-19,28H,6,9-10,12-16H2,1-2H3. The predicted octanol–water partition coefficient (Wildman–Crippen LogP) is 2.75. The number of benzene rings is 1. The Morgan fingerprint density at radius 2 is 2.03 bits per heavy atom. The summed E-state index contributed by atoms with van der Waals surface area (Å²) in [5.41, 5.74) is 1.85. The summed E-state index contributed by atoms with van der Waals surface area (Å²) in [7, 11) is 3.30. The van der Waals surface area contributed by atoms with Crippen molar-refractivity contribution in [1.82, 2.24) is 14.9 Å². The van der Waals surface area contributed by atoms with Gasteiger partial charge in [-0.1, -0.05) is 41.9 Å². The minimum Gasteiger partial charge on any atom is -0.389 e. The second-order valence-corrected chi connectivity index (χ2v) is 8.03. The van der Waals surface area contributed by atoms with Crippen LogP contribution in [0.5, 0.6) is 0 Å². The van der Waals surface area contributed by atoms with Gasteiger partial charge in [0.15, 0.2) is 5.15 Å². The Balaban J connectivity index is 1.73. The van der Waals surface area contributed by atoms with Crippen molar-refractivity contribution in [1.29, 1.82) is 0 Å². The van der Waals surface area contributed by atoms with Gasteiger partial charge in [0.05, 0.1) is 37.3 Å². The van der Waals surface area contributed by atoms with Gasteiger partial charge in [0, 0.05) is 40.4 Å². The first kappa shape index (κ1) is 22.9. The van der Waals surface area contributed by atoms with Crippen molar-refractivity contribution in [3.63, 3.8) is 0 Å². The van der Waals surface area contributed by atoms with Crippen LogP contribution in [0.1, 0.15) is 24.1 Å². The smallest absolute Gasteiger partial charge is 0.154 e. The number of nitrogens with zero attached hydrogens (tertiary/aromatic N) is 4.